The maximum absolute atomic E-state index is 13.0. The number of hydrogen-bond acceptors (Lipinski definition) is 7. The lowest BCUT2D eigenvalue weighted by Gasteiger charge is -2.34. The van der Waals surface area contributed by atoms with E-state index in [1.54, 1.807) is 6.20 Å². The Labute approximate surface area is 163 Å². The van der Waals surface area contributed by atoms with E-state index in [0.717, 1.165) is 47.7 Å². The molecule has 0 N–H and O–H groups in total. The van der Waals surface area contributed by atoms with Gasteiger partial charge in [0.2, 0.25) is 0 Å². The smallest absolute Gasteiger partial charge is 0.274 e. The number of likely N-dealkylation sites (tertiary alicyclic amines) is 1. The summed E-state index contributed by atoms with van der Waals surface area (Å²) in [5, 5.41) is 4.03. The minimum Gasteiger partial charge on any atom is -0.361 e. The van der Waals surface area contributed by atoms with Gasteiger partial charge >= 0.3 is 0 Å². The van der Waals surface area contributed by atoms with Crippen molar-refractivity contribution in [1.82, 2.24) is 30.0 Å². The summed E-state index contributed by atoms with van der Waals surface area (Å²) < 4.78 is 5.30. The summed E-state index contributed by atoms with van der Waals surface area (Å²) in [4.78, 5) is 32.5. The number of amides is 1. The van der Waals surface area contributed by atoms with Crippen molar-refractivity contribution >= 4 is 5.91 Å². The van der Waals surface area contributed by atoms with E-state index in [9.17, 15) is 4.79 Å². The van der Waals surface area contributed by atoms with Gasteiger partial charge in [-0.05, 0) is 46.1 Å². The van der Waals surface area contributed by atoms with Gasteiger partial charge < -0.3 is 9.42 Å². The summed E-state index contributed by atoms with van der Waals surface area (Å²) in [6, 6.07) is 1.73. The van der Waals surface area contributed by atoms with Crippen molar-refractivity contribution in [3.05, 3.63) is 53.3 Å². The highest BCUT2D eigenvalue weighted by molar-refractivity contribution is 5.92. The third-order valence-electron chi connectivity index (χ3n) is 5.01. The minimum atomic E-state index is -0.192. The Bertz CT molecular complexity index is 982. The van der Waals surface area contributed by atoms with Crippen molar-refractivity contribution in [3.8, 4) is 11.3 Å². The summed E-state index contributed by atoms with van der Waals surface area (Å²) in [5.41, 5.74) is 3.63. The van der Waals surface area contributed by atoms with Gasteiger partial charge in [-0.1, -0.05) is 5.16 Å². The van der Waals surface area contributed by atoms with E-state index < -0.39 is 0 Å². The second kappa shape index (κ2) is 7.46. The summed E-state index contributed by atoms with van der Waals surface area (Å²) in [5.74, 6) is 1.23. The van der Waals surface area contributed by atoms with Crippen molar-refractivity contribution < 1.29 is 9.32 Å². The van der Waals surface area contributed by atoms with Crippen molar-refractivity contribution in [3.63, 3.8) is 0 Å². The number of aryl methyl sites for hydroxylation is 3. The van der Waals surface area contributed by atoms with Crippen LogP contribution in [0.1, 0.15) is 58.8 Å². The first-order valence-electron chi connectivity index (χ1n) is 9.40. The molecule has 0 aliphatic carbocycles. The van der Waals surface area contributed by atoms with Crippen LogP contribution >= 0.6 is 0 Å². The number of carbonyl (C=O) groups excluding carboxylic acids is 1. The Morgan fingerprint density at radius 1 is 1.18 bits per heavy atom. The predicted octanol–water partition coefficient (Wildman–Crippen LogP) is 3.21. The second-order valence-electron chi connectivity index (χ2n) is 7.05. The lowest BCUT2D eigenvalue weighted by molar-refractivity contribution is 0.0593. The number of hydrogen-bond donors (Lipinski definition) is 0. The first-order valence-corrected chi connectivity index (χ1v) is 9.40. The molecule has 1 atom stereocenters. The van der Waals surface area contributed by atoms with Crippen LogP contribution < -0.4 is 0 Å². The Morgan fingerprint density at radius 3 is 2.75 bits per heavy atom. The van der Waals surface area contributed by atoms with E-state index in [1.165, 1.54) is 12.4 Å². The summed E-state index contributed by atoms with van der Waals surface area (Å²) in [6.07, 6.45) is 7.38. The molecule has 8 nitrogen and oxygen atoms in total. The monoisotopic (exact) mass is 378 g/mol. The molecule has 1 unspecified atom stereocenters. The molecule has 3 aromatic rings. The maximum atomic E-state index is 13.0. The fourth-order valence-corrected chi connectivity index (χ4v) is 3.72. The Hall–Kier alpha value is -3.16. The fraction of sp³-hybridized carbons (Fsp3) is 0.400. The van der Waals surface area contributed by atoms with E-state index >= 15 is 0 Å². The number of aromatic nitrogens is 5. The van der Waals surface area contributed by atoms with E-state index in [4.69, 9.17) is 9.51 Å². The molecule has 0 radical (unpaired) electrons. The van der Waals surface area contributed by atoms with Crippen LogP contribution in [0, 0.1) is 20.8 Å². The molecular formula is C20H22N6O2. The highest BCUT2D eigenvalue weighted by Gasteiger charge is 2.32. The van der Waals surface area contributed by atoms with E-state index in [0.29, 0.717) is 18.1 Å². The van der Waals surface area contributed by atoms with E-state index in [-0.39, 0.29) is 11.9 Å². The van der Waals surface area contributed by atoms with Crippen molar-refractivity contribution in [1.29, 1.82) is 0 Å². The quantitative estimate of drug-likeness (QED) is 0.690. The third kappa shape index (κ3) is 3.37. The molecule has 0 spiro atoms. The molecule has 0 saturated carbocycles. The summed E-state index contributed by atoms with van der Waals surface area (Å²) in [7, 11) is 0. The lowest BCUT2D eigenvalue weighted by atomic mass is 10.00. The van der Waals surface area contributed by atoms with Crippen molar-refractivity contribution in [2.24, 2.45) is 0 Å². The first-order chi connectivity index (χ1) is 13.5. The summed E-state index contributed by atoms with van der Waals surface area (Å²) >= 11 is 0. The van der Waals surface area contributed by atoms with Gasteiger partial charge in [-0.3, -0.25) is 9.78 Å². The molecular weight excluding hydrogens is 356 g/mol. The molecule has 0 aromatic carbocycles. The average molecular weight is 378 g/mol. The molecule has 4 heterocycles. The number of piperidine rings is 1. The van der Waals surface area contributed by atoms with E-state index in [1.807, 2.05) is 31.7 Å². The van der Waals surface area contributed by atoms with Crippen LogP contribution in [-0.2, 0) is 0 Å². The van der Waals surface area contributed by atoms with Crippen LogP contribution in [0.3, 0.4) is 0 Å². The van der Waals surface area contributed by atoms with Crippen LogP contribution in [0.25, 0.3) is 11.3 Å². The molecule has 8 heteroatoms. The number of nitrogens with zero attached hydrogens (tertiary/aromatic N) is 6. The number of carbonyl (C=O) groups is 1. The molecule has 4 rings (SSSR count). The zero-order chi connectivity index (χ0) is 19.7. The topological polar surface area (TPSA) is 97.9 Å². The van der Waals surface area contributed by atoms with Crippen LogP contribution in [0.2, 0.25) is 0 Å². The molecule has 3 aromatic heterocycles. The van der Waals surface area contributed by atoms with Gasteiger partial charge in [0.05, 0.1) is 29.2 Å². The zero-order valence-electron chi connectivity index (χ0n) is 16.2. The lowest BCUT2D eigenvalue weighted by Crippen LogP contribution is -2.39. The average Bonchev–Trinajstić information content (AvgIpc) is 3.06. The van der Waals surface area contributed by atoms with Crippen LogP contribution in [0.15, 0.2) is 29.2 Å². The Kier molecular flexibility index (Phi) is 4.85. The molecule has 1 saturated heterocycles. The fourth-order valence-electron chi connectivity index (χ4n) is 3.72. The highest BCUT2D eigenvalue weighted by atomic mass is 16.5. The molecule has 28 heavy (non-hydrogen) atoms. The van der Waals surface area contributed by atoms with Gasteiger partial charge in [-0.15, -0.1) is 0 Å². The third-order valence-corrected chi connectivity index (χ3v) is 5.01. The Balaban J connectivity index is 1.73. The van der Waals surface area contributed by atoms with Gasteiger partial charge in [0.1, 0.15) is 11.5 Å². The SMILES string of the molecule is Cc1cc(-c2c(C)noc2C)nc(C2CCCCN2C(=O)c2cnccn2)n1. The van der Waals surface area contributed by atoms with Gasteiger partial charge in [-0.2, -0.15) is 0 Å². The van der Waals surface area contributed by atoms with Gasteiger partial charge in [0, 0.05) is 24.6 Å². The Morgan fingerprint density at radius 2 is 2.04 bits per heavy atom. The van der Waals surface area contributed by atoms with Crippen LogP contribution in [-0.4, -0.2) is 42.4 Å². The second-order valence-corrected chi connectivity index (χ2v) is 7.05. The van der Waals surface area contributed by atoms with Crippen molar-refractivity contribution in [2.75, 3.05) is 6.54 Å². The standard InChI is InChI=1S/C20H22N6O2/c1-12-10-15(18-13(2)25-28-14(18)3)24-19(23-12)17-6-4-5-9-26(17)20(27)16-11-21-7-8-22-16/h7-8,10-11,17H,4-6,9H2,1-3H3. The molecule has 1 aliphatic rings. The zero-order valence-corrected chi connectivity index (χ0v) is 16.2. The molecule has 1 aliphatic heterocycles. The van der Waals surface area contributed by atoms with Gasteiger partial charge in [0.25, 0.3) is 5.91 Å². The maximum Gasteiger partial charge on any atom is 0.274 e. The molecule has 144 valence electrons. The van der Waals surface area contributed by atoms with E-state index in [2.05, 4.69) is 20.1 Å². The summed E-state index contributed by atoms with van der Waals surface area (Å²) in [6.45, 7) is 6.35. The highest BCUT2D eigenvalue weighted by Crippen LogP contribution is 2.32. The number of rotatable bonds is 3. The van der Waals surface area contributed by atoms with Crippen LogP contribution in [0.4, 0.5) is 0 Å². The minimum absolute atomic E-state index is 0.137. The molecule has 0 bridgehead atoms. The van der Waals surface area contributed by atoms with Gasteiger partial charge in [-0.25, -0.2) is 15.0 Å². The normalized spacial score (nSPS) is 17.0. The van der Waals surface area contributed by atoms with Crippen LogP contribution in [0.5, 0.6) is 0 Å². The van der Waals surface area contributed by atoms with Gasteiger partial charge in [0.15, 0.2) is 5.82 Å². The predicted molar refractivity (Wildman–Crippen MR) is 101 cm³/mol. The first kappa shape index (κ1) is 18.2. The largest absolute Gasteiger partial charge is 0.361 e. The molecule has 1 amide bonds. The molecule has 1 fully saturated rings. The van der Waals surface area contributed by atoms with Crippen molar-refractivity contribution in [2.45, 2.75) is 46.1 Å².